The molecule has 0 fully saturated rings. The third-order valence-electron chi connectivity index (χ3n) is 5.24. The van der Waals surface area contributed by atoms with E-state index in [1.807, 2.05) is 25.1 Å². The van der Waals surface area contributed by atoms with Gasteiger partial charge < -0.3 is 15.2 Å². The number of hydrogen-bond donors (Lipinski definition) is 1. The van der Waals surface area contributed by atoms with Gasteiger partial charge in [0.2, 0.25) is 0 Å². The first-order valence-electron chi connectivity index (χ1n) is 8.10. The Hall–Kier alpha value is -2.26. The van der Waals surface area contributed by atoms with Gasteiger partial charge in [-0.05, 0) is 47.6 Å². The summed E-state index contributed by atoms with van der Waals surface area (Å²) >= 11 is 6.31. The van der Waals surface area contributed by atoms with Crippen molar-refractivity contribution in [3.05, 3.63) is 75.8 Å². The van der Waals surface area contributed by atoms with E-state index in [2.05, 4.69) is 23.5 Å². The van der Waals surface area contributed by atoms with Gasteiger partial charge in [-0.25, -0.2) is 0 Å². The normalized spacial score (nSPS) is 24.2. The summed E-state index contributed by atoms with van der Waals surface area (Å²) < 4.78 is 0. The number of fused-ring (bicyclic) bond motifs is 3. The molecule has 1 N–H and O–H groups in total. The molecule has 0 amide bonds. The van der Waals surface area contributed by atoms with Crippen LogP contribution in [0.1, 0.15) is 45.4 Å². The highest BCUT2D eigenvalue weighted by molar-refractivity contribution is 6.31. The predicted octanol–water partition coefficient (Wildman–Crippen LogP) is 3.84. The Morgan fingerprint density at radius 1 is 1.21 bits per heavy atom. The third-order valence-corrected chi connectivity index (χ3v) is 5.65. The molecule has 0 unspecified atom stereocenters. The molecular formula is C20H17ClNO2-. The molecule has 2 aliphatic rings. The summed E-state index contributed by atoms with van der Waals surface area (Å²) in [4.78, 5) is 11.0. The molecule has 3 nitrogen and oxygen atoms in total. The molecular weight excluding hydrogens is 322 g/mol. The summed E-state index contributed by atoms with van der Waals surface area (Å²) in [6.45, 7) is 2.03. The molecule has 1 heterocycles. The molecule has 0 saturated heterocycles. The van der Waals surface area contributed by atoms with Crippen LogP contribution in [0.4, 0.5) is 5.69 Å². The Balaban J connectivity index is 1.77. The molecule has 0 aromatic heterocycles. The lowest BCUT2D eigenvalue weighted by Crippen LogP contribution is -2.29. The van der Waals surface area contributed by atoms with Crippen molar-refractivity contribution in [2.75, 3.05) is 5.32 Å². The average Bonchev–Trinajstić information content (AvgIpc) is 3.07. The molecule has 2 aromatic carbocycles. The van der Waals surface area contributed by atoms with E-state index >= 15 is 0 Å². The number of carboxylic acids is 1. The summed E-state index contributed by atoms with van der Waals surface area (Å²) in [5.41, 5.74) is 4.74. The summed E-state index contributed by atoms with van der Waals surface area (Å²) in [7, 11) is 0. The minimum Gasteiger partial charge on any atom is -0.545 e. The molecule has 122 valence electrons. The van der Waals surface area contributed by atoms with E-state index in [1.54, 1.807) is 12.1 Å². The van der Waals surface area contributed by atoms with E-state index in [9.17, 15) is 9.90 Å². The van der Waals surface area contributed by atoms with Crippen LogP contribution in [0.15, 0.2) is 48.6 Å². The van der Waals surface area contributed by atoms with Gasteiger partial charge in [-0.3, -0.25) is 0 Å². The SMILES string of the molecule is Cc1c(Cl)ccc2c1N[C@@H](c1ccc(C(=O)[O-])cc1)[C@H]1CC=C[C@H]21. The van der Waals surface area contributed by atoms with Crippen LogP contribution in [0.25, 0.3) is 0 Å². The Bertz CT molecular complexity index is 841. The van der Waals surface area contributed by atoms with Gasteiger partial charge in [0, 0.05) is 16.6 Å². The minimum absolute atomic E-state index is 0.130. The van der Waals surface area contributed by atoms with Gasteiger partial charge in [-0.1, -0.05) is 54.1 Å². The Labute approximate surface area is 146 Å². The summed E-state index contributed by atoms with van der Waals surface area (Å²) in [5, 5.41) is 15.4. The van der Waals surface area contributed by atoms with Crippen LogP contribution in [-0.4, -0.2) is 5.97 Å². The standard InChI is InChI=1S/C20H18ClNO2/c1-11-17(21)10-9-16-14-3-2-4-15(14)19(22-18(11)16)12-5-7-13(8-6-12)20(23)24/h2-3,5-10,14-15,19,22H,4H2,1H3,(H,23,24)/p-1/t14-,15-,19-/m0/s1. The number of nitrogens with one attached hydrogen (secondary N) is 1. The minimum atomic E-state index is -1.15. The van der Waals surface area contributed by atoms with Crippen molar-refractivity contribution in [1.29, 1.82) is 0 Å². The van der Waals surface area contributed by atoms with Gasteiger partial charge in [-0.2, -0.15) is 0 Å². The molecule has 0 radical (unpaired) electrons. The van der Waals surface area contributed by atoms with Crippen LogP contribution in [0.3, 0.4) is 0 Å². The van der Waals surface area contributed by atoms with Gasteiger partial charge in [-0.15, -0.1) is 0 Å². The highest BCUT2D eigenvalue weighted by Gasteiger charge is 2.38. The molecule has 0 saturated carbocycles. The molecule has 1 aliphatic carbocycles. The highest BCUT2D eigenvalue weighted by atomic mass is 35.5. The van der Waals surface area contributed by atoms with Gasteiger partial charge in [0.15, 0.2) is 0 Å². The molecule has 0 bridgehead atoms. The van der Waals surface area contributed by atoms with Crippen molar-refractivity contribution in [1.82, 2.24) is 0 Å². The second-order valence-corrected chi connectivity index (χ2v) is 6.93. The number of carbonyl (C=O) groups is 1. The molecule has 1 aliphatic heterocycles. The van der Waals surface area contributed by atoms with Gasteiger partial charge in [0.1, 0.15) is 0 Å². The second-order valence-electron chi connectivity index (χ2n) is 6.52. The number of anilines is 1. The number of carbonyl (C=O) groups excluding carboxylic acids is 1. The van der Waals surface area contributed by atoms with Gasteiger partial charge >= 0.3 is 0 Å². The summed E-state index contributed by atoms with van der Waals surface area (Å²) in [5.74, 6) is -0.360. The number of hydrogen-bond acceptors (Lipinski definition) is 3. The maximum Gasteiger partial charge on any atom is 0.0715 e. The number of halogens is 1. The average molecular weight is 339 g/mol. The lowest BCUT2D eigenvalue weighted by molar-refractivity contribution is -0.255. The van der Waals surface area contributed by atoms with E-state index < -0.39 is 5.97 Å². The van der Waals surface area contributed by atoms with Crippen molar-refractivity contribution in [3.8, 4) is 0 Å². The lowest BCUT2D eigenvalue weighted by Gasteiger charge is -2.38. The van der Waals surface area contributed by atoms with E-state index in [4.69, 9.17) is 11.6 Å². The topological polar surface area (TPSA) is 52.2 Å². The molecule has 24 heavy (non-hydrogen) atoms. The number of benzene rings is 2. The molecule has 4 rings (SSSR count). The van der Waals surface area contributed by atoms with E-state index in [-0.39, 0.29) is 11.6 Å². The van der Waals surface area contributed by atoms with Gasteiger partial charge in [0.05, 0.1) is 12.0 Å². The second kappa shape index (κ2) is 5.67. The number of rotatable bonds is 2. The van der Waals surface area contributed by atoms with E-state index in [0.29, 0.717) is 11.8 Å². The fourth-order valence-corrected chi connectivity index (χ4v) is 4.10. The summed E-state index contributed by atoms with van der Waals surface area (Å²) in [6.07, 6.45) is 5.52. The maximum absolute atomic E-state index is 11.0. The summed E-state index contributed by atoms with van der Waals surface area (Å²) in [6, 6.07) is 11.2. The van der Waals surface area contributed by atoms with Crippen LogP contribution < -0.4 is 10.4 Å². The van der Waals surface area contributed by atoms with Crippen molar-refractivity contribution in [2.24, 2.45) is 5.92 Å². The first-order valence-corrected chi connectivity index (χ1v) is 8.47. The smallest absolute Gasteiger partial charge is 0.0715 e. The van der Waals surface area contributed by atoms with Crippen LogP contribution in [0.2, 0.25) is 5.02 Å². The lowest BCUT2D eigenvalue weighted by atomic mass is 9.76. The Kier molecular flexibility index (Phi) is 3.61. The van der Waals surface area contributed by atoms with Crippen LogP contribution in [0.5, 0.6) is 0 Å². The first-order chi connectivity index (χ1) is 11.6. The largest absolute Gasteiger partial charge is 0.545 e. The third kappa shape index (κ3) is 2.31. The Morgan fingerprint density at radius 3 is 2.67 bits per heavy atom. The fourth-order valence-electron chi connectivity index (χ4n) is 3.95. The number of carboxylic acid groups (broad SMARTS) is 1. The number of allylic oxidation sites excluding steroid dienone is 2. The maximum atomic E-state index is 11.0. The van der Waals surface area contributed by atoms with Crippen molar-refractivity contribution < 1.29 is 9.90 Å². The van der Waals surface area contributed by atoms with Crippen LogP contribution in [-0.2, 0) is 0 Å². The zero-order valence-corrected chi connectivity index (χ0v) is 14.0. The first kappa shape index (κ1) is 15.3. The zero-order valence-electron chi connectivity index (χ0n) is 13.3. The fraction of sp³-hybridized carbons (Fsp3) is 0.250. The monoisotopic (exact) mass is 338 g/mol. The highest BCUT2D eigenvalue weighted by Crippen LogP contribution is 2.51. The quantitative estimate of drug-likeness (QED) is 0.846. The van der Waals surface area contributed by atoms with Crippen molar-refractivity contribution in [2.45, 2.75) is 25.3 Å². The molecule has 4 heteroatoms. The molecule has 2 aromatic rings. The van der Waals surface area contributed by atoms with E-state index in [1.165, 1.54) is 5.56 Å². The van der Waals surface area contributed by atoms with Gasteiger partial charge in [0.25, 0.3) is 0 Å². The predicted molar refractivity (Wildman–Crippen MR) is 93.3 cm³/mol. The Morgan fingerprint density at radius 2 is 1.96 bits per heavy atom. The van der Waals surface area contributed by atoms with Crippen LogP contribution >= 0.6 is 11.6 Å². The van der Waals surface area contributed by atoms with Crippen LogP contribution in [0, 0.1) is 12.8 Å². The van der Waals surface area contributed by atoms with E-state index in [0.717, 1.165) is 28.3 Å². The molecule has 0 spiro atoms. The molecule has 3 atom stereocenters. The van der Waals surface area contributed by atoms with Crippen molar-refractivity contribution in [3.63, 3.8) is 0 Å². The number of aromatic carboxylic acids is 1. The van der Waals surface area contributed by atoms with Crippen molar-refractivity contribution >= 4 is 23.3 Å². The zero-order chi connectivity index (χ0) is 16.8.